The van der Waals surface area contributed by atoms with Crippen LogP contribution in [0.5, 0.6) is 11.5 Å². The fourth-order valence-corrected chi connectivity index (χ4v) is 2.79. The van der Waals surface area contributed by atoms with Gasteiger partial charge in [-0.25, -0.2) is 8.63 Å². The molecule has 0 unspecified atom stereocenters. The molecule has 0 fully saturated rings. The van der Waals surface area contributed by atoms with Gasteiger partial charge in [0.2, 0.25) is 0 Å². The molecule has 0 aliphatic carbocycles. The van der Waals surface area contributed by atoms with E-state index in [2.05, 4.69) is 4.65 Å². The molecular weight excluding hydrogens is 436 g/mol. The van der Waals surface area contributed by atoms with Gasteiger partial charge in [0.05, 0.1) is 14.2 Å². The van der Waals surface area contributed by atoms with E-state index in [-0.39, 0.29) is 5.76 Å². The van der Waals surface area contributed by atoms with E-state index in [1.807, 2.05) is 0 Å². The number of ether oxygens (including phenoxy) is 2. The number of carbonyl (C=O) groups excluding carboxylic acids is 1. The zero-order valence-electron chi connectivity index (χ0n) is 16.1. The number of hydrogen-bond acceptors (Lipinski definition) is 4. The van der Waals surface area contributed by atoms with E-state index < -0.39 is 13.3 Å². The Kier molecular flexibility index (Phi) is 8.96. The highest BCUT2D eigenvalue weighted by molar-refractivity contribution is 6.35. The van der Waals surface area contributed by atoms with E-state index >= 15 is 0 Å². The molecule has 0 bridgehead atoms. The molecule has 2 aromatic rings. The van der Waals surface area contributed by atoms with Crippen molar-refractivity contribution < 1.29 is 27.6 Å². The molecule has 0 radical (unpaired) electrons. The summed E-state index contributed by atoms with van der Waals surface area (Å²) in [4.78, 5) is 12.2. The lowest BCUT2D eigenvalue weighted by Gasteiger charge is -2.06. The third-order valence-corrected chi connectivity index (χ3v) is 4.22. The van der Waals surface area contributed by atoms with Crippen LogP contribution >= 0.6 is 23.2 Å². The normalized spacial score (nSPS) is 11.7. The zero-order valence-corrected chi connectivity index (χ0v) is 17.6. The van der Waals surface area contributed by atoms with Crippen LogP contribution in [0.2, 0.25) is 10.0 Å². The summed E-state index contributed by atoms with van der Waals surface area (Å²) in [5, 5.41) is 0.892. The lowest BCUT2D eigenvalue weighted by atomic mass is 10.1. The SMILES string of the molecule is COc1ccc(Cl)cc1/C=C/C(=O)/C=C(/C=C/c1cc(Cl)ccc1OC)OB(F)F. The van der Waals surface area contributed by atoms with Gasteiger partial charge in [-0.1, -0.05) is 23.2 Å². The van der Waals surface area contributed by atoms with Crippen LogP contribution in [0.4, 0.5) is 8.63 Å². The number of benzene rings is 2. The molecule has 0 spiro atoms. The third-order valence-electron chi connectivity index (χ3n) is 3.75. The smallest absolute Gasteiger partial charge is 0.505 e. The summed E-state index contributed by atoms with van der Waals surface area (Å²) in [5.41, 5.74) is 1.09. The predicted molar refractivity (Wildman–Crippen MR) is 116 cm³/mol. The van der Waals surface area contributed by atoms with Gasteiger partial charge in [0.1, 0.15) is 17.3 Å². The Hall–Kier alpha value is -2.77. The molecule has 0 aromatic heterocycles. The maximum Gasteiger partial charge on any atom is 0.796 e. The zero-order chi connectivity index (χ0) is 22.1. The van der Waals surface area contributed by atoms with Gasteiger partial charge in [0.25, 0.3) is 0 Å². The number of methoxy groups -OCH3 is 2. The highest BCUT2D eigenvalue weighted by Gasteiger charge is 2.18. The molecule has 4 nitrogen and oxygen atoms in total. The predicted octanol–water partition coefficient (Wildman–Crippen LogP) is 6.13. The first kappa shape index (κ1) is 23.5. The van der Waals surface area contributed by atoms with Crippen molar-refractivity contribution in [2.45, 2.75) is 0 Å². The maximum atomic E-state index is 12.8. The van der Waals surface area contributed by atoms with Gasteiger partial charge in [0, 0.05) is 27.2 Å². The van der Waals surface area contributed by atoms with Crippen LogP contribution in [0.1, 0.15) is 11.1 Å². The van der Waals surface area contributed by atoms with Crippen LogP contribution in [0.15, 0.2) is 60.4 Å². The molecular formula is C21H17BCl2F2O4. The van der Waals surface area contributed by atoms with Gasteiger partial charge in [-0.05, 0) is 60.7 Å². The van der Waals surface area contributed by atoms with Gasteiger partial charge in [0.15, 0.2) is 5.78 Å². The summed E-state index contributed by atoms with van der Waals surface area (Å²) in [5.74, 6) is 0.0749. The Morgan fingerprint density at radius 2 is 1.40 bits per heavy atom. The van der Waals surface area contributed by atoms with Crippen LogP contribution in [-0.4, -0.2) is 27.5 Å². The van der Waals surface area contributed by atoms with Crippen molar-refractivity contribution in [3.63, 3.8) is 0 Å². The topological polar surface area (TPSA) is 44.8 Å². The monoisotopic (exact) mass is 452 g/mol. The van der Waals surface area contributed by atoms with Crippen LogP contribution in [0.3, 0.4) is 0 Å². The molecule has 0 aliphatic rings. The lowest BCUT2D eigenvalue weighted by molar-refractivity contribution is -0.110. The molecule has 0 amide bonds. The van der Waals surface area contributed by atoms with Crippen molar-refractivity contribution in [1.29, 1.82) is 0 Å². The summed E-state index contributed by atoms with van der Waals surface area (Å²) in [6, 6.07) is 9.74. The first-order valence-corrected chi connectivity index (χ1v) is 9.31. The van der Waals surface area contributed by atoms with E-state index in [1.165, 1.54) is 38.5 Å². The largest absolute Gasteiger partial charge is 0.796 e. The van der Waals surface area contributed by atoms with Crippen LogP contribution in [0.25, 0.3) is 12.2 Å². The summed E-state index contributed by atoms with van der Waals surface area (Å²) >= 11 is 11.9. The van der Waals surface area contributed by atoms with Gasteiger partial charge < -0.3 is 14.1 Å². The Morgan fingerprint density at radius 1 is 0.900 bits per heavy atom. The van der Waals surface area contributed by atoms with E-state index in [0.29, 0.717) is 32.7 Å². The molecule has 156 valence electrons. The lowest BCUT2D eigenvalue weighted by Crippen LogP contribution is -2.04. The minimum atomic E-state index is -3.10. The summed E-state index contributed by atoms with van der Waals surface area (Å²) in [7, 11) is -0.163. The van der Waals surface area contributed by atoms with Crippen molar-refractivity contribution >= 4 is 48.6 Å². The van der Waals surface area contributed by atoms with Crippen LogP contribution < -0.4 is 9.47 Å². The fraction of sp³-hybridized carbons (Fsp3) is 0.0952. The molecule has 0 N–H and O–H groups in total. The van der Waals surface area contributed by atoms with Crippen LogP contribution in [-0.2, 0) is 9.45 Å². The van der Waals surface area contributed by atoms with Crippen molar-refractivity contribution in [1.82, 2.24) is 0 Å². The molecule has 0 saturated heterocycles. The number of carbonyl (C=O) groups is 1. The van der Waals surface area contributed by atoms with Gasteiger partial charge >= 0.3 is 7.47 Å². The minimum absolute atomic E-state index is 0.334. The molecule has 2 rings (SSSR count). The van der Waals surface area contributed by atoms with Gasteiger partial charge in [-0.2, -0.15) is 0 Å². The van der Waals surface area contributed by atoms with E-state index in [0.717, 1.165) is 6.08 Å². The first-order chi connectivity index (χ1) is 14.3. The Balaban J connectivity index is 2.27. The maximum absolute atomic E-state index is 12.8. The van der Waals surface area contributed by atoms with Crippen molar-refractivity contribution in [3.05, 3.63) is 81.6 Å². The Bertz CT molecular complexity index is 991. The van der Waals surface area contributed by atoms with E-state index in [9.17, 15) is 13.4 Å². The van der Waals surface area contributed by atoms with Crippen molar-refractivity contribution in [2.24, 2.45) is 0 Å². The molecule has 0 heterocycles. The van der Waals surface area contributed by atoms with Crippen LogP contribution in [0, 0.1) is 0 Å². The average molecular weight is 453 g/mol. The molecule has 2 aromatic carbocycles. The fourth-order valence-electron chi connectivity index (χ4n) is 2.43. The summed E-state index contributed by atoms with van der Waals surface area (Å²) in [6.45, 7) is 0. The highest BCUT2D eigenvalue weighted by Crippen LogP contribution is 2.25. The second kappa shape index (κ2) is 11.4. The standard InChI is InChI=1S/C21H17BCl2F2O4/c1-28-20-9-5-16(23)11-14(20)3-7-18(27)13-19(30-22(25)26)8-4-15-12-17(24)6-10-21(15)29-2/h3-13H,1-2H3/b7-3+,8-4+,19-13-. The van der Waals surface area contributed by atoms with Crippen molar-refractivity contribution in [3.8, 4) is 11.5 Å². The van der Waals surface area contributed by atoms with Crippen molar-refractivity contribution in [2.75, 3.05) is 14.2 Å². The third kappa shape index (κ3) is 7.24. The Morgan fingerprint density at radius 3 is 1.87 bits per heavy atom. The summed E-state index contributed by atoms with van der Waals surface area (Å²) in [6.07, 6.45) is 6.28. The number of rotatable bonds is 9. The van der Waals surface area contributed by atoms with E-state index in [1.54, 1.807) is 36.4 Å². The second-order valence-electron chi connectivity index (χ2n) is 5.77. The van der Waals surface area contributed by atoms with Gasteiger partial charge in [-0.3, -0.25) is 4.79 Å². The minimum Gasteiger partial charge on any atom is -0.505 e. The molecule has 30 heavy (non-hydrogen) atoms. The second-order valence-corrected chi connectivity index (χ2v) is 6.64. The Labute approximate surface area is 183 Å². The number of ketones is 1. The number of allylic oxidation sites excluding steroid dienone is 3. The first-order valence-electron chi connectivity index (χ1n) is 8.56. The molecule has 0 aliphatic heterocycles. The summed E-state index contributed by atoms with van der Waals surface area (Å²) < 4.78 is 40.3. The quantitative estimate of drug-likeness (QED) is 0.198. The highest BCUT2D eigenvalue weighted by atomic mass is 35.5. The molecule has 0 atom stereocenters. The number of hydrogen-bond donors (Lipinski definition) is 0. The number of halogens is 4. The van der Waals surface area contributed by atoms with E-state index in [4.69, 9.17) is 32.7 Å². The molecule has 0 saturated carbocycles. The molecule has 9 heteroatoms. The van der Waals surface area contributed by atoms with Gasteiger partial charge in [-0.15, -0.1) is 0 Å². The average Bonchev–Trinajstić information content (AvgIpc) is 2.70.